The van der Waals surface area contributed by atoms with E-state index in [1.165, 1.54) is 47.0 Å². The van der Waals surface area contributed by atoms with E-state index in [0.29, 0.717) is 28.3 Å². The van der Waals surface area contributed by atoms with Crippen molar-refractivity contribution in [2.75, 3.05) is 0 Å². The van der Waals surface area contributed by atoms with Gasteiger partial charge in [0.05, 0.1) is 22.8 Å². The highest BCUT2D eigenvalue weighted by Gasteiger charge is 2.56. The number of benzene rings is 1. The summed E-state index contributed by atoms with van der Waals surface area (Å²) in [6.45, 7) is -0.0652. The summed E-state index contributed by atoms with van der Waals surface area (Å²) in [4.78, 5) is 25.0. The fourth-order valence-electron chi connectivity index (χ4n) is 4.81. The Morgan fingerprint density at radius 2 is 1.84 bits per heavy atom. The van der Waals surface area contributed by atoms with E-state index in [1.807, 2.05) is 0 Å². The van der Waals surface area contributed by atoms with E-state index in [0.717, 1.165) is 12.3 Å². The van der Waals surface area contributed by atoms with Crippen molar-refractivity contribution in [1.82, 2.24) is 24.6 Å². The number of aromatic nitrogens is 3. The van der Waals surface area contributed by atoms with Crippen molar-refractivity contribution in [2.24, 2.45) is 5.92 Å². The van der Waals surface area contributed by atoms with Crippen LogP contribution in [0.15, 0.2) is 59.9 Å². The van der Waals surface area contributed by atoms with Gasteiger partial charge in [0.25, 0.3) is 0 Å². The Hall–Kier alpha value is -3.32. The largest absolute Gasteiger partial charge is 0.433 e. The normalized spacial score (nSPS) is 24.2. The number of nitrogens with one attached hydrogen (secondary N) is 1. The molecule has 1 saturated carbocycles. The first-order valence-corrected chi connectivity index (χ1v) is 12.4. The van der Waals surface area contributed by atoms with Gasteiger partial charge in [-0.15, -0.1) is 0 Å². The molecule has 2 aromatic heterocycles. The summed E-state index contributed by atoms with van der Waals surface area (Å²) >= 11 is 0. The van der Waals surface area contributed by atoms with Gasteiger partial charge in [0.2, 0.25) is 5.91 Å². The van der Waals surface area contributed by atoms with Gasteiger partial charge in [0, 0.05) is 23.7 Å². The number of amides is 1. The predicted octanol–water partition coefficient (Wildman–Crippen LogP) is 3.84. The Kier molecular flexibility index (Phi) is 6.75. The molecule has 0 radical (unpaired) electrons. The molecular weight excluding hydrogens is 517 g/mol. The minimum absolute atomic E-state index is 0.0652. The Morgan fingerprint density at radius 3 is 2.51 bits per heavy atom. The molecule has 0 spiro atoms. The van der Waals surface area contributed by atoms with Gasteiger partial charge in [-0.2, -0.15) is 13.2 Å². The molecule has 3 heterocycles. The minimum atomic E-state index is -4.56. The van der Waals surface area contributed by atoms with Crippen LogP contribution in [-0.4, -0.2) is 47.6 Å². The van der Waals surface area contributed by atoms with Gasteiger partial charge in [-0.25, -0.2) is 27.3 Å². The summed E-state index contributed by atoms with van der Waals surface area (Å²) in [5.74, 6) is -1.65. The lowest BCUT2D eigenvalue weighted by Gasteiger charge is -2.34. The van der Waals surface area contributed by atoms with Crippen LogP contribution in [0.25, 0.3) is 11.3 Å². The first kappa shape index (κ1) is 25.3. The maximum absolute atomic E-state index is 14.6. The lowest BCUT2D eigenvalue weighted by molar-refractivity contribution is -0.141. The molecule has 1 N–H and O–H groups in total. The molecule has 3 aromatic rings. The number of rotatable bonds is 6. The zero-order chi connectivity index (χ0) is 26.3. The smallest absolute Gasteiger partial charge is 0.349 e. The summed E-state index contributed by atoms with van der Waals surface area (Å²) in [6, 6.07) is 7.30. The molecule has 1 saturated heterocycles. The average Bonchev–Trinajstić information content (AvgIpc) is 3.44. The van der Waals surface area contributed by atoms with Gasteiger partial charge in [-0.1, -0.05) is 0 Å². The second-order valence-corrected chi connectivity index (χ2v) is 10.2. The number of piperidine rings is 1. The average molecular weight is 538 g/mol. The molecular formula is C24H20F5N5O2S. The molecule has 2 bridgehead atoms. The molecule has 1 aromatic carbocycles. The molecule has 1 amide bonds. The number of hydrogen-bond donors (Lipinski definition) is 1. The standard InChI is InChI=1S/C24H20F5N5O2S/c25-14-2-4-17(5-3-14)37(36)34-16-8-18(19(26)9-16)22(34)23(35)31-11-15-7-20(33-12-32-15)13-1-6-21(30-10-13)24(27,28)29/h1-7,10,12,16,18-19,22H,8-9,11H2,(H,31,35). The number of alkyl halides is 4. The van der Waals surface area contributed by atoms with E-state index >= 15 is 0 Å². The number of halogens is 5. The molecule has 5 atom stereocenters. The van der Waals surface area contributed by atoms with E-state index in [4.69, 9.17) is 0 Å². The van der Waals surface area contributed by atoms with Crippen LogP contribution in [-0.2, 0) is 28.5 Å². The van der Waals surface area contributed by atoms with Crippen LogP contribution >= 0.6 is 0 Å². The van der Waals surface area contributed by atoms with Gasteiger partial charge in [-0.3, -0.25) is 9.78 Å². The molecule has 1 aliphatic heterocycles. The number of fused-ring (bicyclic) bond motifs is 2. The van der Waals surface area contributed by atoms with Crippen LogP contribution in [0, 0.1) is 11.7 Å². The lowest BCUT2D eigenvalue weighted by atomic mass is 9.97. The molecule has 1 aliphatic carbocycles. The third kappa shape index (κ3) is 5.10. The second kappa shape index (κ2) is 9.86. The molecule has 13 heteroatoms. The summed E-state index contributed by atoms with van der Waals surface area (Å²) < 4.78 is 80.9. The maximum atomic E-state index is 14.6. The highest BCUT2D eigenvalue weighted by molar-refractivity contribution is 7.82. The fraction of sp³-hybridized carbons (Fsp3) is 0.333. The number of pyridine rings is 1. The van der Waals surface area contributed by atoms with Gasteiger partial charge >= 0.3 is 6.18 Å². The van der Waals surface area contributed by atoms with Crippen LogP contribution in [0.1, 0.15) is 24.2 Å². The number of hydrogen-bond acceptors (Lipinski definition) is 5. The Balaban J connectivity index is 1.30. The van der Waals surface area contributed by atoms with Crippen molar-refractivity contribution in [3.05, 3.63) is 72.2 Å². The molecule has 5 unspecified atom stereocenters. The molecule has 194 valence electrons. The maximum Gasteiger partial charge on any atom is 0.433 e. The van der Waals surface area contributed by atoms with Crippen molar-refractivity contribution in [2.45, 2.75) is 48.7 Å². The first-order chi connectivity index (χ1) is 17.6. The number of carbonyl (C=O) groups excluding carboxylic acids is 1. The summed E-state index contributed by atoms with van der Waals surface area (Å²) in [6.07, 6.45) is -2.97. The third-order valence-electron chi connectivity index (χ3n) is 6.54. The van der Waals surface area contributed by atoms with Gasteiger partial charge in [-0.05, 0) is 55.3 Å². The van der Waals surface area contributed by atoms with Gasteiger partial charge < -0.3 is 5.32 Å². The van der Waals surface area contributed by atoms with Crippen LogP contribution in [0.2, 0.25) is 0 Å². The molecule has 5 rings (SSSR count). The van der Waals surface area contributed by atoms with E-state index in [9.17, 15) is 31.0 Å². The van der Waals surface area contributed by atoms with Crippen molar-refractivity contribution < 1.29 is 31.0 Å². The predicted molar refractivity (Wildman–Crippen MR) is 122 cm³/mol. The van der Waals surface area contributed by atoms with Gasteiger partial charge in [0.15, 0.2) is 0 Å². The van der Waals surface area contributed by atoms with Crippen LogP contribution in [0.3, 0.4) is 0 Å². The van der Waals surface area contributed by atoms with E-state index < -0.39 is 52.7 Å². The van der Waals surface area contributed by atoms with Crippen LogP contribution < -0.4 is 5.32 Å². The highest BCUT2D eigenvalue weighted by atomic mass is 32.2. The third-order valence-corrected chi connectivity index (χ3v) is 8.12. The number of nitrogens with zero attached hydrogens (tertiary/aromatic N) is 4. The first-order valence-electron chi connectivity index (χ1n) is 11.3. The zero-order valence-corrected chi connectivity index (χ0v) is 19.8. The molecule has 2 aliphatic rings. The summed E-state index contributed by atoms with van der Waals surface area (Å²) in [7, 11) is -1.79. The van der Waals surface area contributed by atoms with E-state index in [1.54, 1.807) is 0 Å². The van der Waals surface area contributed by atoms with Gasteiger partial charge in [0.1, 0.15) is 41.0 Å². The Bertz CT molecular complexity index is 1320. The Morgan fingerprint density at radius 1 is 1.08 bits per heavy atom. The highest BCUT2D eigenvalue weighted by Crippen LogP contribution is 2.46. The summed E-state index contributed by atoms with van der Waals surface area (Å²) in [5, 5.41) is 2.70. The van der Waals surface area contributed by atoms with Crippen molar-refractivity contribution >= 4 is 16.9 Å². The van der Waals surface area contributed by atoms with Crippen molar-refractivity contribution in [1.29, 1.82) is 0 Å². The molecule has 37 heavy (non-hydrogen) atoms. The number of carbonyl (C=O) groups is 1. The summed E-state index contributed by atoms with van der Waals surface area (Å²) in [5.41, 5.74) is -0.0257. The quantitative estimate of drug-likeness (QED) is 0.483. The van der Waals surface area contributed by atoms with E-state index in [2.05, 4.69) is 20.3 Å². The Labute approximate surface area is 210 Å². The SMILES string of the molecule is O=C(NCc1cc(-c2ccc(C(F)(F)F)nc2)ncn1)C1C2CC(CC2F)N1S(=O)c1ccc(F)cc1. The fourth-order valence-corrected chi connectivity index (χ4v) is 6.33. The second-order valence-electron chi connectivity index (χ2n) is 8.86. The van der Waals surface area contributed by atoms with Crippen LogP contribution in [0.5, 0.6) is 0 Å². The monoisotopic (exact) mass is 537 g/mol. The topological polar surface area (TPSA) is 88.1 Å². The van der Waals surface area contributed by atoms with E-state index in [-0.39, 0.29) is 19.0 Å². The molecule has 2 fully saturated rings. The van der Waals surface area contributed by atoms with Crippen molar-refractivity contribution in [3.8, 4) is 11.3 Å². The van der Waals surface area contributed by atoms with Crippen molar-refractivity contribution in [3.63, 3.8) is 0 Å². The zero-order valence-electron chi connectivity index (χ0n) is 19.0. The minimum Gasteiger partial charge on any atom is -0.349 e. The molecule has 7 nitrogen and oxygen atoms in total. The lowest BCUT2D eigenvalue weighted by Crippen LogP contribution is -2.53. The van der Waals surface area contributed by atoms with Crippen LogP contribution in [0.4, 0.5) is 22.0 Å².